The minimum Gasteiger partial charge on any atom is -0.413 e. The zero-order chi connectivity index (χ0) is 23.6. The van der Waals surface area contributed by atoms with Gasteiger partial charge in [-0.2, -0.15) is 0 Å². The lowest BCUT2D eigenvalue weighted by Gasteiger charge is -2.33. The molecule has 0 atom stereocenters. The number of rotatable bonds is 5. The highest BCUT2D eigenvalue weighted by Crippen LogP contribution is 2.32. The van der Waals surface area contributed by atoms with Gasteiger partial charge in [-0.3, -0.25) is 0 Å². The zero-order valence-corrected chi connectivity index (χ0v) is 19.8. The summed E-state index contributed by atoms with van der Waals surface area (Å²) in [4.78, 5) is 12.1. The van der Waals surface area contributed by atoms with Gasteiger partial charge in [0.15, 0.2) is 0 Å². The van der Waals surface area contributed by atoms with E-state index in [1.54, 1.807) is 0 Å². The number of anilines is 1. The average Bonchev–Trinajstić information content (AvgIpc) is 3.40. The monoisotopic (exact) mass is 461 g/mol. The summed E-state index contributed by atoms with van der Waals surface area (Å²) in [6.07, 6.45) is 3.41. The van der Waals surface area contributed by atoms with Gasteiger partial charge in [-0.05, 0) is 61.9 Å². The highest BCUT2D eigenvalue weighted by atomic mass is 16.4. The Morgan fingerprint density at radius 3 is 2.31 bits per heavy atom. The molecule has 0 saturated carbocycles. The molecule has 0 aliphatic carbocycles. The molecule has 0 amide bonds. The van der Waals surface area contributed by atoms with Crippen LogP contribution < -0.4 is 4.90 Å². The Labute approximate surface area is 204 Å². The Kier molecular flexibility index (Phi) is 5.70. The number of para-hydroxylation sites is 1. The standard InChI is InChI=1S/C29H27N5O/c1-20-11-13-23(14-12-20)28-32-33-29(35-28)26-30-25-10-6-5-9-24(25)27(31-26)34-17-15-22(16-18-34)19-21-7-3-2-4-8-21/h2-14,22H,15-19H2,1H3. The molecule has 3 heterocycles. The summed E-state index contributed by atoms with van der Waals surface area (Å²) in [7, 11) is 0. The highest BCUT2D eigenvalue weighted by Gasteiger charge is 2.24. The van der Waals surface area contributed by atoms with E-state index in [1.165, 1.54) is 11.1 Å². The maximum Gasteiger partial charge on any atom is 0.286 e. The average molecular weight is 462 g/mol. The molecule has 35 heavy (non-hydrogen) atoms. The van der Waals surface area contributed by atoms with Crippen LogP contribution in [0.15, 0.2) is 83.3 Å². The molecule has 2 aromatic heterocycles. The first-order valence-electron chi connectivity index (χ1n) is 12.2. The summed E-state index contributed by atoms with van der Waals surface area (Å²) >= 11 is 0. The van der Waals surface area contributed by atoms with Crippen molar-refractivity contribution in [3.8, 4) is 23.2 Å². The molecular weight excluding hydrogens is 434 g/mol. The van der Waals surface area contributed by atoms with E-state index < -0.39 is 0 Å². The molecule has 6 heteroatoms. The Morgan fingerprint density at radius 2 is 1.51 bits per heavy atom. The lowest BCUT2D eigenvalue weighted by atomic mass is 9.90. The molecule has 1 fully saturated rings. The van der Waals surface area contributed by atoms with Crippen LogP contribution in [0, 0.1) is 12.8 Å². The fourth-order valence-electron chi connectivity index (χ4n) is 4.82. The molecule has 1 aliphatic rings. The Morgan fingerprint density at radius 1 is 0.800 bits per heavy atom. The van der Waals surface area contributed by atoms with Crippen LogP contribution in [0.1, 0.15) is 24.0 Å². The van der Waals surface area contributed by atoms with E-state index in [0.717, 1.165) is 54.6 Å². The zero-order valence-electron chi connectivity index (χ0n) is 19.8. The summed E-state index contributed by atoms with van der Waals surface area (Å²) in [5.41, 5.74) is 4.37. The van der Waals surface area contributed by atoms with Crippen molar-refractivity contribution in [2.75, 3.05) is 18.0 Å². The molecule has 0 spiro atoms. The maximum absolute atomic E-state index is 6.00. The maximum atomic E-state index is 6.00. The summed E-state index contributed by atoms with van der Waals surface area (Å²) in [6.45, 7) is 3.99. The lowest BCUT2D eigenvalue weighted by Crippen LogP contribution is -2.35. The van der Waals surface area contributed by atoms with Gasteiger partial charge in [0, 0.05) is 24.0 Å². The van der Waals surface area contributed by atoms with Gasteiger partial charge < -0.3 is 9.32 Å². The molecule has 0 N–H and O–H groups in total. The summed E-state index contributed by atoms with van der Waals surface area (Å²) in [5.74, 6) is 2.91. The second kappa shape index (κ2) is 9.29. The van der Waals surface area contributed by atoms with E-state index in [2.05, 4.69) is 58.4 Å². The van der Waals surface area contributed by atoms with E-state index in [1.807, 2.05) is 42.5 Å². The van der Waals surface area contributed by atoms with Gasteiger partial charge in [-0.25, -0.2) is 9.97 Å². The van der Waals surface area contributed by atoms with Gasteiger partial charge in [0.2, 0.25) is 11.7 Å². The fraction of sp³-hybridized carbons (Fsp3) is 0.241. The molecule has 6 nitrogen and oxygen atoms in total. The minimum atomic E-state index is 0.339. The van der Waals surface area contributed by atoms with Crippen molar-refractivity contribution in [2.24, 2.45) is 5.92 Å². The van der Waals surface area contributed by atoms with Crippen LogP contribution in [0.3, 0.4) is 0 Å². The molecular formula is C29H27N5O. The smallest absolute Gasteiger partial charge is 0.286 e. The third-order valence-electron chi connectivity index (χ3n) is 6.78. The first kappa shape index (κ1) is 21.5. The van der Waals surface area contributed by atoms with E-state index in [9.17, 15) is 0 Å². The molecule has 0 unspecified atom stereocenters. The van der Waals surface area contributed by atoms with E-state index >= 15 is 0 Å². The van der Waals surface area contributed by atoms with Crippen LogP contribution in [-0.4, -0.2) is 33.3 Å². The first-order chi connectivity index (χ1) is 17.2. The summed E-state index contributed by atoms with van der Waals surface area (Å²) in [6, 6.07) is 27.0. The normalized spacial score (nSPS) is 14.5. The van der Waals surface area contributed by atoms with E-state index in [4.69, 9.17) is 14.4 Å². The number of hydrogen-bond acceptors (Lipinski definition) is 6. The van der Waals surface area contributed by atoms with Gasteiger partial charge >= 0.3 is 0 Å². The number of benzene rings is 3. The van der Waals surface area contributed by atoms with Crippen molar-refractivity contribution in [3.63, 3.8) is 0 Å². The number of fused-ring (bicyclic) bond motifs is 1. The number of aromatic nitrogens is 4. The van der Waals surface area contributed by atoms with Gasteiger partial charge in [0.05, 0.1) is 5.52 Å². The second-order valence-electron chi connectivity index (χ2n) is 9.29. The molecule has 6 rings (SSSR count). The molecule has 1 aliphatic heterocycles. The predicted octanol–water partition coefficient (Wildman–Crippen LogP) is 6.11. The first-order valence-corrected chi connectivity index (χ1v) is 12.2. The Balaban J connectivity index is 1.28. The van der Waals surface area contributed by atoms with Crippen molar-refractivity contribution in [2.45, 2.75) is 26.2 Å². The van der Waals surface area contributed by atoms with Gasteiger partial charge in [0.1, 0.15) is 5.82 Å². The van der Waals surface area contributed by atoms with Crippen molar-refractivity contribution in [3.05, 3.63) is 90.0 Å². The molecule has 0 radical (unpaired) electrons. The van der Waals surface area contributed by atoms with Crippen molar-refractivity contribution in [1.82, 2.24) is 20.2 Å². The van der Waals surface area contributed by atoms with Gasteiger partial charge in [-0.15, -0.1) is 10.2 Å². The van der Waals surface area contributed by atoms with Crippen LogP contribution in [0.4, 0.5) is 5.82 Å². The number of aryl methyl sites for hydroxylation is 1. The van der Waals surface area contributed by atoms with Crippen LogP contribution in [0.25, 0.3) is 34.1 Å². The van der Waals surface area contributed by atoms with E-state index in [0.29, 0.717) is 23.5 Å². The molecule has 174 valence electrons. The highest BCUT2D eigenvalue weighted by molar-refractivity contribution is 5.90. The molecule has 1 saturated heterocycles. The SMILES string of the molecule is Cc1ccc(-c2nnc(-c3nc(N4CCC(Cc5ccccc5)CC4)c4ccccc4n3)o2)cc1. The minimum absolute atomic E-state index is 0.339. The predicted molar refractivity (Wildman–Crippen MR) is 138 cm³/mol. The molecule has 3 aromatic carbocycles. The quantitative estimate of drug-likeness (QED) is 0.314. The largest absolute Gasteiger partial charge is 0.413 e. The third kappa shape index (κ3) is 4.52. The van der Waals surface area contributed by atoms with Crippen LogP contribution in [-0.2, 0) is 6.42 Å². The Hall–Kier alpha value is -4.06. The second-order valence-corrected chi connectivity index (χ2v) is 9.29. The molecule has 5 aromatic rings. The van der Waals surface area contributed by atoms with Crippen LogP contribution >= 0.6 is 0 Å². The third-order valence-corrected chi connectivity index (χ3v) is 6.78. The topological polar surface area (TPSA) is 67.9 Å². The van der Waals surface area contributed by atoms with Gasteiger partial charge in [0.25, 0.3) is 5.89 Å². The van der Waals surface area contributed by atoms with E-state index in [-0.39, 0.29) is 0 Å². The number of nitrogens with zero attached hydrogens (tertiary/aromatic N) is 5. The van der Waals surface area contributed by atoms with Crippen molar-refractivity contribution < 1.29 is 4.42 Å². The Bertz CT molecular complexity index is 1440. The van der Waals surface area contributed by atoms with Crippen LogP contribution in [0.5, 0.6) is 0 Å². The van der Waals surface area contributed by atoms with Gasteiger partial charge in [-0.1, -0.05) is 60.2 Å². The number of piperidine rings is 1. The lowest BCUT2D eigenvalue weighted by molar-refractivity contribution is 0.402. The summed E-state index contributed by atoms with van der Waals surface area (Å²) < 4.78 is 6.00. The summed E-state index contributed by atoms with van der Waals surface area (Å²) in [5, 5.41) is 9.58. The van der Waals surface area contributed by atoms with Crippen molar-refractivity contribution in [1.29, 1.82) is 0 Å². The van der Waals surface area contributed by atoms with Crippen molar-refractivity contribution >= 4 is 16.7 Å². The number of hydrogen-bond donors (Lipinski definition) is 0. The fourth-order valence-corrected chi connectivity index (χ4v) is 4.82. The van der Waals surface area contributed by atoms with Crippen LogP contribution in [0.2, 0.25) is 0 Å². The molecule has 0 bridgehead atoms.